The lowest BCUT2D eigenvalue weighted by Crippen LogP contribution is -2.41. The molecule has 1 aromatic rings. The van der Waals surface area contributed by atoms with Gasteiger partial charge in [0.2, 0.25) is 5.91 Å². The Morgan fingerprint density at radius 3 is 2.16 bits per heavy atom. The molecular formula is C14H20N2O3. The molecule has 0 saturated heterocycles. The Morgan fingerprint density at radius 2 is 1.74 bits per heavy atom. The summed E-state index contributed by atoms with van der Waals surface area (Å²) < 4.78 is 5.23. The highest BCUT2D eigenvalue weighted by atomic mass is 16.6. The molecule has 0 spiro atoms. The van der Waals surface area contributed by atoms with Gasteiger partial charge in [-0.2, -0.15) is 0 Å². The molecule has 2 N–H and O–H groups in total. The van der Waals surface area contributed by atoms with E-state index in [0.29, 0.717) is 5.56 Å². The van der Waals surface area contributed by atoms with Gasteiger partial charge in [0.25, 0.3) is 0 Å². The number of hydrogen-bond donors (Lipinski definition) is 1. The SMILES string of the molecule is CN(C(=O)OC(C)(C)C)C(C(N)=O)c1ccccc1. The van der Waals surface area contributed by atoms with Gasteiger partial charge in [0.05, 0.1) is 0 Å². The Bertz CT molecular complexity index is 452. The van der Waals surface area contributed by atoms with Gasteiger partial charge in [0.15, 0.2) is 0 Å². The van der Waals surface area contributed by atoms with Crippen LogP contribution in [0.15, 0.2) is 30.3 Å². The Kier molecular flexibility index (Phi) is 4.53. The van der Waals surface area contributed by atoms with Crippen LogP contribution in [-0.4, -0.2) is 29.5 Å². The van der Waals surface area contributed by atoms with Gasteiger partial charge in [-0.3, -0.25) is 9.69 Å². The third-order valence-electron chi connectivity index (χ3n) is 2.45. The predicted octanol–water partition coefficient (Wildman–Crippen LogP) is 2.08. The lowest BCUT2D eigenvalue weighted by molar-refractivity contribution is -0.123. The van der Waals surface area contributed by atoms with E-state index in [4.69, 9.17) is 10.5 Å². The van der Waals surface area contributed by atoms with E-state index in [-0.39, 0.29) is 0 Å². The normalized spacial score (nSPS) is 12.6. The lowest BCUT2D eigenvalue weighted by atomic mass is 10.1. The van der Waals surface area contributed by atoms with Gasteiger partial charge in [0.1, 0.15) is 11.6 Å². The Hall–Kier alpha value is -2.04. The first-order valence-electron chi connectivity index (χ1n) is 6.02. The molecule has 0 saturated carbocycles. The second-order valence-corrected chi connectivity index (χ2v) is 5.31. The Morgan fingerprint density at radius 1 is 1.21 bits per heavy atom. The number of amides is 2. The summed E-state index contributed by atoms with van der Waals surface area (Å²) in [5, 5.41) is 0. The Labute approximate surface area is 113 Å². The number of carbonyl (C=O) groups excluding carboxylic acids is 2. The van der Waals surface area contributed by atoms with Gasteiger partial charge in [0, 0.05) is 7.05 Å². The van der Waals surface area contributed by atoms with Crippen molar-refractivity contribution < 1.29 is 14.3 Å². The Balaban J connectivity index is 2.95. The molecule has 104 valence electrons. The van der Waals surface area contributed by atoms with Crippen LogP contribution in [0.4, 0.5) is 4.79 Å². The topological polar surface area (TPSA) is 72.6 Å². The quantitative estimate of drug-likeness (QED) is 0.908. The minimum Gasteiger partial charge on any atom is -0.444 e. The van der Waals surface area contributed by atoms with Crippen molar-refractivity contribution in [2.24, 2.45) is 5.73 Å². The third-order valence-corrected chi connectivity index (χ3v) is 2.45. The third kappa shape index (κ3) is 4.28. The number of primary amides is 1. The number of rotatable bonds is 3. The van der Waals surface area contributed by atoms with E-state index < -0.39 is 23.6 Å². The minimum absolute atomic E-state index is 0.583. The number of carbonyl (C=O) groups is 2. The lowest BCUT2D eigenvalue weighted by Gasteiger charge is -2.29. The average molecular weight is 264 g/mol. The standard InChI is InChI=1S/C14H20N2O3/c1-14(2,3)19-13(18)16(4)11(12(15)17)10-8-6-5-7-9-10/h5-9,11H,1-4H3,(H2,15,17). The molecule has 0 aliphatic heterocycles. The fraction of sp³-hybridized carbons (Fsp3) is 0.429. The number of ether oxygens (including phenoxy) is 1. The first kappa shape index (κ1) is 15.0. The van der Waals surface area contributed by atoms with Crippen molar-refractivity contribution in [3.63, 3.8) is 0 Å². The molecule has 1 atom stereocenters. The summed E-state index contributed by atoms with van der Waals surface area (Å²) in [5.74, 6) is -0.598. The van der Waals surface area contributed by atoms with Crippen LogP contribution in [0.1, 0.15) is 32.4 Å². The van der Waals surface area contributed by atoms with Crippen LogP contribution in [0.5, 0.6) is 0 Å². The van der Waals surface area contributed by atoms with Gasteiger partial charge in [-0.25, -0.2) is 4.79 Å². The largest absolute Gasteiger partial charge is 0.444 e. The number of hydrogen-bond acceptors (Lipinski definition) is 3. The predicted molar refractivity (Wildman–Crippen MR) is 72.4 cm³/mol. The molecule has 2 amide bonds. The first-order valence-corrected chi connectivity index (χ1v) is 6.02. The minimum atomic E-state index is -0.837. The number of nitrogens with two attached hydrogens (primary N) is 1. The molecule has 1 rings (SSSR count). The zero-order valence-electron chi connectivity index (χ0n) is 11.7. The van der Waals surface area contributed by atoms with Gasteiger partial charge in [-0.15, -0.1) is 0 Å². The molecule has 1 unspecified atom stereocenters. The highest BCUT2D eigenvalue weighted by Crippen LogP contribution is 2.21. The van der Waals surface area contributed by atoms with E-state index in [1.54, 1.807) is 45.0 Å². The summed E-state index contributed by atoms with van der Waals surface area (Å²) in [7, 11) is 1.50. The molecule has 0 aliphatic carbocycles. The van der Waals surface area contributed by atoms with Crippen molar-refractivity contribution in [1.29, 1.82) is 0 Å². The highest BCUT2D eigenvalue weighted by molar-refractivity contribution is 5.85. The van der Waals surface area contributed by atoms with Gasteiger partial charge in [-0.1, -0.05) is 30.3 Å². The first-order chi connectivity index (χ1) is 8.72. The monoisotopic (exact) mass is 264 g/mol. The summed E-state index contributed by atoms with van der Waals surface area (Å²) in [5.41, 5.74) is 5.42. The van der Waals surface area contributed by atoms with Crippen molar-refractivity contribution in [3.05, 3.63) is 35.9 Å². The van der Waals surface area contributed by atoms with E-state index >= 15 is 0 Å². The summed E-state index contributed by atoms with van der Waals surface area (Å²) in [6.45, 7) is 5.29. The van der Waals surface area contributed by atoms with Crippen LogP contribution in [0.3, 0.4) is 0 Å². The van der Waals surface area contributed by atoms with Gasteiger partial charge < -0.3 is 10.5 Å². The fourth-order valence-electron chi connectivity index (χ4n) is 1.65. The van der Waals surface area contributed by atoms with Crippen LogP contribution in [-0.2, 0) is 9.53 Å². The number of nitrogens with zero attached hydrogens (tertiary/aromatic N) is 1. The van der Waals surface area contributed by atoms with Gasteiger partial charge >= 0.3 is 6.09 Å². The molecule has 0 heterocycles. The van der Waals surface area contributed by atoms with Crippen LogP contribution >= 0.6 is 0 Å². The molecule has 0 aliphatic rings. The van der Waals surface area contributed by atoms with Crippen molar-refractivity contribution in [2.45, 2.75) is 32.4 Å². The van der Waals surface area contributed by atoms with Crippen molar-refractivity contribution in [2.75, 3.05) is 7.05 Å². The molecule has 5 heteroatoms. The molecule has 1 aromatic carbocycles. The van der Waals surface area contributed by atoms with Crippen LogP contribution in [0, 0.1) is 0 Å². The van der Waals surface area contributed by atoms with E-state index in [2.05, 4.69) is 0 Å². The highest BCUT2D eigenvalue weighted by Gasteiger charge is 2.29. The smallest absolute Gasteiger partial charge is 0.410 e. The second-order valence-electron chi connectivity index (χ2n) is 5.31. The van der Waals surface area contributed by atoms with Crippen molar-refractivity contribution in [3.8, 4) is 0 Å². The summed E-state index contributed by atoms with van der Waals surface area (Å²) in [6, 6.07) is 8.06. The zero-order chi connectivity index (χ0) is 14.6. The van der Waals surface area contributed by atoms with Crippen molar-refractivity contribution >= 4 is 12.0 Å². The fourth-order valence-corrected chi connectivity index (χ4v) is 1.65. The van der Waals surface area contributed by atoms with Crippen molar-refractivity contribution in [1.82, 2.24) is 4.90 Å². The van der Waals surface area contributed by atoms with Crippen LogP contribution < -0.4 is 5.73 Å². The molecule has 0 radical (unpaired) electrons. The number of benzene rings is 1. The molecule has 0 aromatic heterocycles. The summed E-state index contributed by atoms with van der Waals surface area (Å²) in [4.78, 5) is 24.8. The van der Waals surface area contributed by atoms with E-state index in [0.717, 1.165) is 0 Å². The molecule has 0 fully saturated rings. The average Bonchev–Trinajstić information content (AvgIpc) is 2.27. The molecule has 0 bridgehead atoms. The summed E-state index contributed by atoms with van der Waals surface area (Å²) >= 11 is 0. The van der Waals surface area contributed by atoms with E-state index in [9.17, 15) is 9.59 Å². The molecule has 5 nitrogen and oxygen atoms in total. The zero-order valence-corrected chi connectivity index (χ0v) is 11.7. The second kappa shape index (κ2) is 5.73. The molecule has 19 heavy (non-hydrogen) atoms. The number of likely N-dealkylation sites (N-methyl/N-ethyl adjacent to an activating group) is 1. The maximum absolute atomic E-state index is 12.0. The van der Waals surface area contributed by atoms with E-state index in [1.165, 1.54) is 11.9 Å². The maximum atomic E-state index is 12.0. The van der Waals surface area contributed by atoms with Gasteiger partial charge in [-0.05, 0) is 26.3 Å². The van der Waals surface area contributed by atoms with Crippen LogP contribution in [0.2, 0.25) is 0 Å². The maximum Gasteiger partial charge on any atom is 0.410 e. The summed E-state index contributed by atoms with van der Waals surface area (Å²) in [6.07, 6.45) is -0.583. The van der Waals surface area contributed by atoms with E-state index in [1.807, 2.05) is 6.07 Å². The molecular weight excluding hydrogens is 244 g/mol. The van der Waals surface area contributed by atoms with Crippen LogP contribution in [0.25, 0.3) is 0 Å².